The second kappa shape index (κ2) is 5.28. The Hall–Kier alpha value is -1.07. The van der Waals surface area contributed by atoms with Gasteiger partial charge in [-0.05, 0) is 31.0 Å². The minimum absolute atomic E-state index is 0.487. The average molecular weight is 277 g/mol. The molecule has 1 aliphatic rings. The van der Waals surface area contributed by atoms with Gasteiger partial charge in [0.25, 0.3) is 0 Å². The second-order valence-electron chi connectivity index (χ2n) is 4.29. The standard InChI is InChI=1S/C13H15N3S2/c1-2-9-5-6-17-13(15-9)16-10-3-4-11-12(7-10)18-8-14-11/h3-4,7-9H,2,5-6H2,1H3,(H,15,16). The third kappa shape index (κ3) is 2.52. The van der Waals surface area contributed by atoms with Crippen molar-refractivity contribution in [3.63, 3.8) is 0 Å². The summed E-state index contributed by atoms with van der Waals surface area (Å²) in [4.78, 5) is 9.01. The molecule has 1 aliphatic heterocycles. The Morgan fingerprint density at radius 3 is 3.28 bits per heavy atom. The quantitative estimate of drug-likeness (QED) is 0.902. The predicted molar refractivity (Wildman–Crippen MR) is 81.8 cm³/mol. The van der Waals surface area contributed by atoms with Gasteiger partial charge in [0.05, 0.1) is 21.8 Å². The topological polar surface area (TPSA) is 37.3 Å². The monoisotopic (exact) mass is 277 g/mol. The van der Waals surface area contributed by atoms with Gasteiger partial charge in [-0.3, -0.25) is 4.99 Å². The fourth-order valence-electron chi connectivity index (χ4n) is 1.98. The highest BCUT2D eigenvalue weighted by Crippen LogP contribution is 2.25. The van der Waals surface area contributed by atoms with Crippen molar-refractivity contribution in [1.29, 1.82) is 0 Å². The third-order valence-electron chi connectivity index (χ3n) is 3.04. The molecule has 2 aromatic rings. The van der Waals surface area contributed by atoms with E-state index in [1.165, 1.54) is 11.1 Å². The number of benzene rings is 1. The van der Waals surface area contributed by atoms with E-state index in [-0.39, 0.29) is 0 Å². The number of rotatable bonds is 2. The van der Waals surface area contributed by atoms with Crippen LogP contribution in [0.3, 0.4) is 0 Å². The number of hydrogen-bond donors (Lipinski definition) is 1. The molecule has 3 nitrogen and oxygen atoms in total. The molecule has 0 saturated heterocycles. The normalized spacial score (nSPS) is 19.8. The molecule has 0 aliphatic carbocycles. The predicted octanol–water partition coefficient (Wildman–Crippen LogP) is 3.98. The van der Waals surface area contributed by atoms with Crippen LogP contribution < -0.4 is 5.32 Å². The maximum Gasteiger partial charge on any atom is 0.161 e. The molecule has 1 aromatic carbocycles. The van der Waals surface area contributed by atoms with E-state index in [1.54, 1.807) is 11.3 Å². The van der Waals surface area contributed by atoms with E-state index in [1.807, 2.05) is 17.3 Å². The van der Waals surface area contributed by atoms with Crippen LogP contribution in [0.25, 0.3) is 10.2 Å². The molecule has 5 heteroatoms. The van der Waals surface area contributed by atoms with Crippen LogP contribution in [0.4, 0.5) is 5.69 Å². The molecule has 2 heterocycles. The van der Waals surface area contributed by atoms with Gasteiger partial charge in [0.15, 0.2) is 5.17 Å². The van der Waals surface area contributed by atoms with E-state index >= 15 is 0 Å². The lowest BCUT2D eigenvalue weighted by atomic mass is 10.2. The average Bonchev–Trinajstić information content (AvgIpc) is 2.86. The van der Waals surface area contributed by atoms with Crippen molar-refractivity contribution in [2.24, 2.45) is 4.99 Å². The molecule has 0 saturated carbocycles. The Morgan fingerprint density at radius 1 is 1.44 bits per heavy atom. The molecule has 0 spiro atoms. The number of amidine groups is 1. The summed E-state index contributed by atoms with van der Waals surface area (Å²) < 4.78 is 1.22. The maximum absolute atomic E-state index is 4.72. The van der Waals surface area contributed by atoms with Gasteiger partial charge in [-0.1, -0.05) is 18.7 Å². The summed E-state index contributed by atoms with van der Waals surface area (Å²) in [6.45, 7) is 2.20. The lowest BCUT2D eigenvalue weighted by Gasteiger charge is -2.19. The molecular formula is C13H15N3S2. The van der Waals surface area contributed by atoms with Crippen molar-refractivity contribution in [2.75, 3.05) is 11.1 Å². The summed E-state index contributed by atoms with van der Waals surface area (Å²) in [5.41, 5.74) is 4.05. The van der Waals surface area contributed by atoms with Crippen LogP contribution in [0, 0.1) is 0 Å². The number of nitrogens with zero attached hydrogens (tertiary/aromatic N) is 2. The Morgan fingerprint density at radius 2 is 2.39 bits per heavy atom. The van der Waals surface area contributed by atoms with Crippen LogP contribution in [0.2, 0.25) is 0 Å². The number of aromatic nitrogens is 1. The Bertz CT molecular complexity index is 576. The van der Waals surface area contributed by atoms with E-state index in [9.17, 15) is 0 Å². The molecule has 3 rings (SSSR count). The zero-order valence-electron chi connectivity index (χ0n) is 10.2. The highest BCUT2D eigenvalue weighted by molar-refractivity contribution is 8.14. The van der Waals surface area contributed by atoms with Gasteiger partial charge >= 0.3 is 0 Å². The number of hydrogen-bond acceptors (Lipinski definition) is 5. The van der Waals surface area contributed by atoms with Gasteiger partial charge in [-0.15, -0.1) is 11.3 Å². The first kappa shape index (κ1) is 12.0. The molecule has 1 aromatic heterocycles. The molecule has 0 amide bonds. The Balaban J connectivity index is 1.81. The van der Waals surface area contributed by atoms with E-state index in [2.05, 4.69) is 35.4 Å². The SMILES string of the molecule is CCC1CCSC(Nc2ccc3ncsc3c2)=N1. The van der Waals surface area contributed by atoms with Crippen LogP contribution in [0.5, 0.6) is 0 Å². The number of thiazole rings is 1. The van der Waals surface area contributed by atoms with Crippen molar-refractivity contribution >= 4 is 44.2 Å². The smallest absolute Gasteiger partial charge is 0.161 e. The number of anilines is 1. The van der Waals surface area contributed by atoms with Crippen LogP contribution in [0.1, 0.15) is 19.8 Å². The zero-order valence-corrected chi connectivity index (χ0v) is 11.9. The van der Waals surface area contributed by atoms with Crippen molar-refractivity contribution in [1.82, 2.24) is 4.98 Å². The maximum atomic E-state index is 4.72. The summed E-state index contributed by atoms with van der Waals surface area (Å²) in [5.74, 6) is 1.16. The van der Waals surface area contributed by atoms with Crippen LogP contribution in [-0.4, -0.2) is 21.9 Å². The second-order valence-corrected chi connectivity index (χ2v) is 6.26. The van der Waals surface area contributed by atoms with Gasteiger partial charge in [0, 0.05) is 11.4 Å². The first-order chi connectivity index (χ1) is 8.85. The molecule has 1 unspecified atom stereocenters. The molecule has 0 bridgehead atoms. The fourth-order valence-corrected chi connectivity index (χ4v) is 3.69. The molecular weight excluding hydrogens is 262 g/mol. The Labute approximate surface area is 115 Å². The lowest BCUT2D eigenvalue weighted by molar-refractivity contribution is 0.634. The van der Waals surface area contributed by atoms with Crippen LogP contribution in [-0.2, 0) is 0 Å². The van der Waals surface area contributed by atoms with Gasteiger partial charge in [-0.25, -0.2) is 4.98 Å². The fraction of sp³-hybridized carbons (Fsp3) is 0.385. The molecule has 0 radical (unpaired) electrons. The van der Waals surface area contributed by atoms with Crippen molar-refractivity contribution in [2.45, 2.75) is 25.8 Å². The number of nitrogens with one attached hydrogen (secondary N) is 1. The van der Waals surface area contributed by atoms with Gasteiger partial charge < -0.3 is 5.32 Å². The summed E-state index contributed by atoms with van der Waals surface area (Å²) in [6, 6.07) is 6.76. The van der Waals surface area contributed by atoms with Crippen LogP contribution >= 0.6 is 23.1 Å². The minimum Gasteiger partial charge on any atom is -0.335 e. The molecule has 1 atom stereocenters. The summed E-state index contributed by atoms with van der Waals surface area (Å²) in [6.07, 6.45) is 2.32. The van der Waals surface area contributed by atoms with Crippen molar-refractivity contribution in [3.8, 4) is 0 Å². The third-order valence-corrected chi connectivity index (χ3v) is 4.76. The summed E-state index contributed by atoms with van der Waals surface area (Å²) in [7, 11) is 0. The molecule has 1 N–H and O–H groups in total. The first-order valence-electron chi connectivity index (χ1n) is 6.16. The van der Waals surface area contributed by atoms with Crippen molar-refractivity contribution < 1.29 is 0 Å². The number of thioether (sulfide) groups is 1. The van der Waals surface area contributed by atoms with Gasteiger partial charge in [0.1, 0.15) is 0 Å². The minimum atomic E-state index is 0.487. The largest absolute Gasteiger partial charge is 0.335 e. The molecule has 94 valence electrons. The summed E-state index contributed by atoms with van der Waals surface area (Å²) in [5, 5.41) is 4.47. The van der Waals surface area contributed by atoms with Crippen LogP contribution in [0.15, 0.2) is 28.7 Å². The van der Waals surface area contributed by atoms with E-state index in [0.29, 0.717) is 6.04 Å². The van der Waals surface area contributed by atoms with E-state index < -0.39 is 0 Å². The Kier molecular flexibility index (Phi) is 3.52. The highest BCUT2D eigenvalue weighted by Gasteiger charge is 2.14. The van der Waals surface area contributed by atoms with Gasteiger partial charge in [0.2, 0.25) is 0 Å². The van der Waals surface area contributed by atoms with E-state index in [4.69, 9.17) is 4.99 Å². The van der Waals surface area contributed by atoms with E-state index in [0.717, 1.165) is 28.5 Å². The lowest BCUT2D eigenvalue weighted by Crippen LogP contribution is -2.19. The van der Waals surface area contributed by atoms with Crippen molar-refractivity contribution in [3.05, 3.63) is 23.7 Å². The zero-order chi connectivity index (χ0) is 12.4. The van der Waals surface area contributed by atoms with Gasteiger partial charge in [-0.2, -0.15) is 0 Å². The molecule has 0 fully saturated rings. The highest BCUT2D eigenvalue weighted by atomic mass is 32.2. The number of fused-ring (bicyclic) bond motifs is 1. The summed E-state index contributed by atoms with van der Waals surface area (Å²) >= 11 is 3.48. The number of aliphatic imine (C=N–C) groups is 1. The molecule has 18 heavy (non-hydrogen) atoms. The first-order valence-corrected chi connectivity index (χ1v) is 8.02.